The molecule has 0 saturated carbocycles. The van der Waals surface area contributed by atoms with E-state index in [1.165, 1.54) is 6.07 Å². The van der Waals surface area contributed by atoms with E-state index in [2.05, 4.69) is 10.7 Å². The number of fused-ring (bicyclic) bond motifs is 1. The molecule has 0 aliphatic rings. The maximum atomic E-state index is 12.3. The van der Waals surface area contributed by atoms with Crippen LogP contribution in [0.2, 0.25) is 0 Å². The summed E-state index contributed by atoms with van der Waals surface area (Å²) < 4.78 is 91.8. The van der Waals surface area contributed by atoms with E-state index in [1.807, 2.05) is 0 Å². The first-order valence-corrected chi connectivity index (χ1v) is 8.60. The molecular formula is C15H10F5N3O5S. The zero-order valence-corrected chi connectivity index (χ0v) is 14.6. The molecule has 0 bridgehead atoms. The highest BCUT2D eigenvalue weighted by Crippen LogP contribution is 2.28. The Bertz CT molecular complexity index is 1190. The number of aromatic nitrogens is 1. The van der Waals surface area contributed by atoms with Crippen molar-refractivity contribution < 1.29 is 40.0 Å². The predicted molar refractivity (Wildman–Crippen MR) is 91.1 cm³/mol. The summed E-state index contributed by atoms with van der Waals surface area (Å²) in [6.45, 7) is 0. The van der Waals surface area contributed by atoms with E-state index in [4.69, 9.17) is 10.3 Å². The Labute approximate surface area is 157 Å². The molecule has 0 amide bonds. The third-order valence-corrected chi connectivity index (χ3v) is 4.39. The second-order valence-electron chi connectivity index (χ2n) is 5.38. The van der Waals surface area contributed by atoms with Gasteiger partial charge in [0, 0.05) is 5.39 Å². The van der Waals surface area contributed by atoms with Crippen LogP contribution in [0, 0.1) is 29.1 Å². The standard InChI is InChI=1S/C9H8N2O5S.C6H2F5N/c10-7-8(12)5-3-4(17(14,15)16)1-2-6(5)11-9(7)13;7-1-2(8)4(10)6(12)5(11)3(1)9/h1-3H,10H2,(H2,11,12,13)(H,14,15,16);12H2. The fraction of sp³-hybridized carbons (Fsp3) is 0. The van der Waals surface area contributed by atoms with Gasteiger partial charge in [0.25, 0.3) is 15.7 Å². The zero-order valence-electron chi connectivity index (χ0n) is 13.8. The van der Waals surface area contributed by atoms with Crippen molar-refractivity contribution in [3.05, 3.63) is 57.6 Å². The summed E-state index contributed by atoms with van der Waals surface area (Å²) in [5.41, 5.74) is 7.62. The third kappa shape index (κ3) is 4.07. The lowest BCUT2D eigenvalue weighted by atomic mass is 10.2. The summed E-state index contributed by atoms with van der Waals surface area (Å²) in [7, 11) is -4.38. The molecule has 0 atom stereocenters. The first kappa shape index (κ1) is 21.9. The number of nitrogen functional groups attached to an aromatic ring is 2. The summed E-state index contributed by atoms with van der Waals surface area (Å²) in [6.07, 6.45) is 0. The Morgan fingerprint density at radius 2 is 1.34 bits per heavy atom. The number of aromatic hydroxyl groups is 1. The maximum Gasteiger partial charge on any atom is 0.294 e. The van der Waals surface area contributed by atoms with Crippen LogP contribution in [0.1, 0.15) is 0 Å². The van der Waals surface area contributed by atoms with Crippen LogP contribution in [0.15, 0.2) is 27.9 Å². The van der Waals surface area contributed by atoms with E-state index in [-0.39, 0.29) is 10.9 Å². The van der Waals surface area contributed by atoms with Gasteiger partial charge in [0.1, 0.15) is 11.4 Å². The molecule has 1 heterocycles. The van der Waals surface area contributed by atoms with Gasteiger partial charge in [-0.25, -0.2) is 22.0 Å². The number of pyridine rings is 1. The fourth-order valence-corrected chi connectivity index (χ4v) is 2.56. The van der Waals surface area contributed by atoms with Crippen molar-refractivity contribution in [1.82, 2.24) is 4.98 Å². The van der Waals surface area contributed by atoms with Crippen LogP contribution in [0.5, 0.6) is 5.75 Å². The van der Waals surface area contributed by atoms with Crippen LogP contribution in [0.25, 0.3) is 10.9 Å². The van der Waals surface area contributed by atoms with Crippen LogP contribution < -0.4 is 17.0 Å². The summed E-state index contributed by atoms with van der Waals surface area (Å²) in [5, 5.41) is 9.65. The van der Waals surface area contributed by atoms with Crippen molar-refractivity contribution in [2.24, 2.45) is 0 Å². The van der Waals surface area contributed by atoms with E-state index in [1.54, 1.807) is 0 Å². The van der Waals surface area contributed by atoms with Gasteiger partial charge in [-0.15, -0.1) is 0 Å². The Kier molecular flexibility index (Phi) is 5.71. The molecule has 2 aromatic carbocycles. The number of aromatic amines is 1. The quantitative estimate of drug-likeness (QED) is 0.127. The number of hydrogen-bond acceptors (Lipinski definition) is 6. The maximum absolute atomic E-state index is 12.3. The van der Waals surface area contributed by atoms with E-state index in [0.29, 0.717) is 0 Å². The third-order valence-electron chi connectivity index (χ3n) is 3.54. The monoisotopic (exact) mass is 439 g/mol. The molecule has 3 aromatic rings. The number of halogens is 5. The second-order valence-corrected chi connectivity index (χ2v) is 6.80. The summed E-state index contributed by atoms with van der Waals surface area (Å²) in [4.78, 5) is 13.2. The Balaban J connectivity index is 0.000000221. The minimum Gasteiger partial charge on any atom is -0.505 e. The van der Waals surface area contributed by atoms with Crippen molar-refractivity contribution in [3.8, 4) is 5.75 Å². The smallest absolute Gasteiger partial charge is 0.294 e. The van der Waals surface area contributed by atoms with Gasteiger partial charge in [0.15, 0.2) is 29.0 Å². The molecule has 0 unspecified atom stereocenters. The Morgan fingerprint density at radius 1 is 0.862 bits per heavy atom. The fourth-order valence-electron chi connectivity index (χ4n) is 2.05. The highest BCUT2D eigenvalue weighted by molar-refractivity contribution is 7.85. The molecule has 3 rings (SSSR count). The Hall–Kier alpha value is -3.39. The summed E-state index contributed by atoms with van der Waals surface area (Å²) in [5.74, 6) is -10.8. The van der Waals surface area contributed by atoms with Gasteiger partial charge in [-0.05, 0) is 18.2 Å². The number of anilines is 2. The summed E-state index contributed by atoms with van der Waals surface area (Å²) in [6, 6.07) is 3.37. The zero-order chi connectivity index (χ0) is 22.3. The number of nitrogens with two attached hydrogens (primary N) is 2. The van der Waals surface area contributed by atoms with E-state index in [9.17, 15) is 40.3 Å². The van der Waals surface area contributed by atoms with Gasteiger partial charge in [-0.1, -0.05) is 0 Å². The van der Waals surface area contributed by atoms with Crippen molar-refractivity contribution in [2.75, 3.05) is 11.5 Å². The van der Waals surface area contributed by atoms with E-state index < -0.39 is 66.8 Å². The molecule has 1 aromatic heterocycles. The molecule has 14 heteroatoms. The van der Waals surface area contributed by atoms with E-state index in [0.717, 1.165) is 12.1 Å². The number of nitrogens with one attached hydrogen (secondary N) is 1. The van der Waals surface area contributed by atoms with Gasteiger partial charge in [-0.3, -0.25) is 9.35 Å². The molecule has 0 radical (unpaired) electrons. The van der Waals surface area contributed by atoms with Crippen LogP contribution in [0.3, 0.4) is 0 Å². The largest absolute Gasteiger partial charge is 0.505 e. The molecule has 0 fully saturated rings. The van der Waals surface area contributed by atoms with Crippen LogP contribution in [-0.4, -0.2) is 23.1 Å². The number of hydrogen-bond donors (Lipinski definition) is 5. The SMILES string of the molecule is Nc1c(F)c(F)c(F)c(F)c1F.Nc1c(O)c2cc(S(=O)(=O)O)ccc2[nH]c1=O. The lowest BCUT2D eigenvalue weighted by Crippen LogP contribution is -2.11. The van der Waals surface area contributed by atoms with Crippen molar-refractivity contribution >= 4 is 32.4 Å². The minimum atomic E-state index is -4.38. The number of rotatable bonds is 1. The van der Waals surface area contributed by atoms with Gasteiger partial charge < -0.3 is 21.6 Å². The lowest BCUT2D eigenvalue weighted by molar-refractivity contribution is 0.382. The average molecular weight is 439 g/mol. The molecule has 0 spiro atoms. The lowest BCUT2D eigenvalue weighted by Gasteiger charge is -2.05. The second kappa shape index (κ2) is 7.56. The number of benzene rings is 2. The van der Waals surface area contributed by atoms with Gasteiger partial charge in [0.2, 0.25) is 5.82 Å². The molecule has 29 heavy (non-hydrogen) atoms. The van der Waals surface area contributed by atoms with Gasteiger partial charge in [0.05, 0.1) is 10.4 Å². The predicted octanol–water partition coefficient (Wildman–Crippen LogP) is 2.03. The van der Waals surface area contributed by atoms with Gasteiger partial charge in [-0.2, -0.15) is 8.42 Å². The number of H-pyrrole nitrogens is 1. The molecular weight excluding hydrogens is 429 g/mol. The minimum absolute atomic E-state index is 0.0391. The highest BCUT2D eigenvalue weighted by atomic mass is 32.2. The van der Waals surface area contributed by atoms with Crippen molar-refractivity contribution in [1.29, 1.82) is 0 Å². The summed E-state index contributed by atoms with van der Waals surface area (Å²) >= 11 is 0. The van der Waals surface area contributed by atoms with E-state index >= 15 is 0 Å². The molecule has 0 aliphatic heterocycles. The Morgan fingerprint density at radius 3 is 1.83 bits per heavy atom. The molecule has 8 nitrogen and oxygen atoms in total. The van der Waals surface area contributed by atoms with Crippen LogP contribution in [0.4, 0.5) is 33.3 Å². The first-order chi connectivity index (χ1) is 13.3. The van der Waals surface area contributed by atoms with Crippen molar-refractivity contribution in [2.45, 2.75) is 4.90 Å². The highest BCUT2D eigenvalue weighted by Gasteiger charge is 2.23. The molecule has 156 valence electrons. The average Bonchev–Trinajstić information content (AvgIpc) is 2.67. The van der Waals surface area contributed by atoms with Crippen LogP contribution in [-0.2, 0) is 10.1 Å². The van der Waals surface area contributed by atoms with Crippen molar-refractivity contribution in [3.63, 3.8) is 0 Å². The topological polar surface area (TPSA) is 160 Å². The molecule has 0 aliphatic carbocycles. The molecule has 0 saturated heterocycles. The van der Waals surface area contributed by atoms with Crippen LogP contribution >= 0.6 is 0 Å². The molecule has 7 N–H and O–H groups in total. The first-order valence-electron chi connectivity index (χ1n) is 7.16. The normalized spacial score (nSPS) is 11.2. The van der Waals surface area contributed by atoms with Gasteiger partial charge >= 0.3 is 0 Å².